The Morgan fingerprint density at radius 3 is 2.56 bits per heavy atom. The predicted molar refractivity (Wildman–Crippen MR) is 107 cm³/mol. The number of aromatic hydroxyl groups is 1. The van der Waals surface area contributed by atoms with Crippen LogP contribution < -0.4 is 0 Å². The monoisotopic (exact) mass is 384 g/mol. The first-order valence-corrected chi connectivity index (χ1v) is 10.2. The van der Waals surface area contributed by atoms with Crippen molar-refractivity contribution in [1.29, 1.82) is 0 Å². The molecule has 0 saturated carbocycles. The van der Waals surface area contributed by atoms with E-state index in [1.807, 2.05) is 30.5 Å². The molecule has 5 nitrogen and oxygen atoms in total. The largest absolute Gasteiger partial charge is 0.507 e. The minimum atomic E-state index is -0.479. The second-order valence-corrected chi connectivity index (χ2v) is 7.60. The van der Waals surface area contributed by atoms with E-state index in [9.17, 15) is 14.7 Å². The van der Waals surface area contributed by atoms with Crippen LogP contribution in [0.5, 0.6) is 5.75 Å². The molecule has 1 fully saturated rings. The van der Waals surface area contributed by atoms with Crippen LogP contribution in [0.1, 0.15) is 28.8 Å². The molecule has 3 rings (SSSR count). The average molecular weight is 385 g/mol. The van der Waals surface area contributed by atoms with E-state index >= 15 is 0 Å². The number of likely N-dealkylation sites (N-methyl/N-ethyl adjacent to an activating group) is 1. The first kappa shape index (κ1) is 19.3. The number of phenols is 1. The van der Waals surface area contributed by atoms with Crippen LogP contribution in [-0.4, -0.2) is 52.6 Å². The average Bonchev–Trinajstić information content (AvgIpc) is 3.17. The Balaban J connectivity index is 1.70. The van der Waals surface area contributed by atoms with Crippen molar-refractivity contribution in [3.8, 4) is 5.75 Å². The predicted octanol–water partition coefficient (Wildman–Crippen LogP) is 3.38. The zero-order valence-corrected chi connectivity index (χ0v) is 16.4. The van der Waals surface area contributed by atoms with Crippen molar-refractivity contribution in [2.45, 2.75) is 30.3 Å². The lowest BCUT2D eigenvalue weighted by molar-refractivity contribution is -0.134. The van der Waals surface area contributed by atoms with Crippen LogP contribution in [0.15, 0.2) is 53.4 Å². The maximum absolute atomic E-state index is 13.0. The standard InChI is InChI=1S/C21H24N2O3S/c1-22(14-15-9-11-16(27-2)12-10-15)21(26)18-7-5-13-23(18)20(25)17-6-3-4-8-19(17)24/h3-4,6,8-12,18,24H,5,7,13-14H2,1-2H3. The molecule has 6 heteroatoms. The molecule has 1 N–H and O–H groups in total. The molecule has 0 aliphatic carbocycles. The summed E-state index contributed by atoms with van der Waals surface area (Å²) in [6.07, 6.45) is 3.46. The van der Waals surface area contributed by atoms with E-state index in [4.69, 9.17) is 0 Å². The van der Waals surface area contributed by atoms with Gasteiger partial charge in [0.05, 0.1) is 5.56 Å². The third-order valence-corrected chi connectivity index (χ3v) is 5.63. The third-order valence-electron chi connectivity index (χ3n) is 4.89. The van der Waals surface area contributed by atoms with E-state index in [1.165, 1.54) is 11.0 Å². The van der Waals surface area contributed by atoms with Gasteiger partial charge >= 0.3 is 0 Å². The first-order valence-electron chi connectivity index (χ1n) is 8.98. The minimum Gasteiger partial charge on any atom is -0.507 e. The highest BCUT2D eigenvalue weighted by molar-refractivity contribution is 7.98. The molecule has 1 atom stereocenters. The van der Waals surface area contributed by atoms with Crippen LogP contribution in [0.4, 0.5) is 0 Å². The van der Waals surface area contributed by atoms with Gasteiger partial charge in [0.15, 0.2) is 0 Å². The van der Waals surface area contributed by atoms with Crippen molar-refractivity contribution in [1.82, 2.24) is 9.80 Å². The summed E-state index contributed by atoms with van der Waals surface area (Å²) in [4.78, 5) is 30.2. The van der Waals surface area contributed by atoms with Crippen LogP contribution >= 0.6 is 11.8 Å². The van der Waals surface area contributed by atoms with Crippen LogP contribution in [0.2, 0.25) is 0 Å². The molecule has 27 heavy (non-hydrogen) atoms. The topological polar surface area (TPSA) is 60.9 Å². The number of carbonyl (C=O) groups is 2. The quantitative estimate of drug-likeness (QED) is 0.803. The van der Waals surface area contributed by atoms with Gasteiger partial charge in [0.25, 0.3) is 5.91 Å². The third kappa shape index (κ3) is 4.27. The summed E-state index contributed by atoms with van der Waals surface area (Å²) in [5, 5.41) is 9.97. The van der Waals surface area contributed by atoms with Crippen molar-refractivity contribution in [3.63, 3.8) is 0 Å². The van der Waals surface area contributed by atoms with Gasteiger partial charge < -0.3 is 14.9 Å². The Kier molecular flexibility index (Phi) is 6.06. The van der Waals surface area contributed by atoms with E-state index < -0.39 is 6.04 Å². The molecular weight excluding hydrogens is 360 g/mol. The molecule has 1 unspecified atom stereocenters. The number of para-hydroxylation sites is 1. The molecular formula is C21H24N2O3S. The molecule has 142 valence electrons. The number of hydrogen-bond acceptors (Lipinski definition) is 4. The van der Waals surface area contributed by atoms with Gasteiger partial charge in [0.2, 0.25) is 5.91 Å². The van der Waals surface area contributed by atoms with Gasteiger partial charge in [-0.2, -0.15) is 0 Å². The minimum absolute atomic E-state index is 0.0529. The normalized spacial score (nSPS) is 16.4. The fourth-order valence-corrected chi connectivity index (χ4v) is 3.82. The lowest BCUT2D eigenvalue weighted by Crippen LogP contribution is -2.46. The SMILES string of the molecule is CSc1ccc(CN(C)C(=O)C2CCCN2C(=O)c2ccccc2O)cc1. The number of hydrogen-bond donors (Lipinski definition) is 1. The Labute approximate surface area is 164 Å². The highest BCUT2D eigenvalue weighted by Crippen LogP contribution is 2.26. The summed E-state index contributed by atoms with van der Waals surface area (Å²) >= 11 is 1.68. The maximum Gasteiger partial charge on any atom is 0.258 e. The number of nitrogens with zero attached hydrogens (tertiary/aromatic N) is 2. The number of phenolic OH excluding ortho intramolecular Hbond substituents is 1. The van der Waals surface area contributed by atoms with Crippen LogP contribution in [-0.2, 0) is 11.3 Å². The Hall–Kier alpha value is -2.47. The van der Waals surface area contributed by atoms with E-state index in [0.717, 1.165) is 12.0 Å². The summed E-state index contributed by atoms with van der Waals surface area (Å²) in [6, 6.07) is 14.1. The van der Waals surface area contributed by atoms with E-state index in [0.29, 0.717) is 19.5 Å². The smallest absolute Gasteiger partial charge is 0.258 e. The van der Waals surface area contributed by atoms with Crippen LogP contribution in [0.25, 0.3) is 0 Å². The number of amides is 2. The zero-order chi connectivity index (χ0) is 19.4. The Morgan fingerprint density at radius 2 is 1.89 bits per heavy atom. The van der Waals surface area contributed by atoms with Gasteiger partial charge in [-0.05, 0) is 48.9 Å². The van der Waals surface area contributed by atoms with E-state index in [-0.39, 0.29) is 23.1 Å². The van der Waals surface area contributed by atoms with Crippen molar-refractivity contribution in [2.75, 3.05) is 19.8 Å². The molecule has 1 aliphatic rings. The van der Waals surface area contributed by atoms with Gasteiger partial charge in [-0.25, -0.2) is 0 Å². The summed E-state index contributed by atoms with van der Waals surface area (Å²) in [6.45, 7) is 1.03. The summed E-state index contributed by atoms with van der Waals surface area (Å²) in [5.74, 6) is -0.408. The first-order chi connectivity index (χ1) is 13.0. The lowest BCUT2D eigenvalue weighted by atomic mass is 10.1. The molecule has 0 bridgehead atoms. The molecule has 1 saturated heterocycles. The number of carbonyl (C=O) groups excluding carboxylic acids is 2. The molecule has 2 aromatic rings. The van der Waals surface area contributed by atoms with Crippen LogP contribution in [0.3, 0.4) is 0 Å². The van der Waals surface area contributed by atoms with Gasteiger partial charge in [-0.1, -0.05) is 24.3 Å². The molecule has 0 radical (unpaired) electrons. The number of rotatable bonds is 5. The summed E-state index contributed by atoms with van der Waals surface area (Å²) in [5.41, 5.74) is 1.30. The van der Waals surface area contributed by atoms with Crippen molar-refractivity contribution in [3.05, 3.63) is 59.7 Å². The van der Waals surface area contributed by atoms with E-state index in [1.54, 1.807) is 46.8 Å². The Morgan fingerprint density at radius 1 is 1.19 bits per heavy atom. The molecule has 1 heterocycles. The van der Waals surface area contributed by atoms with Crippen LogP contribution in [0, 0.1) is 0 Å². The highest BCUT2D eigenvalue weighted by atomic mass is 32.2. The number of likely N-dealkylation sites (tertiary alicyclic amines) is 1. The number of benzene rings is 2. The molecule has 2 amide bonds. The van der Waals surface area contributed by atoms with Gasteiger partial charge in [-0.3, -0.25) is 9.59 Å². The maximum atomic E-state index is 13.0. The second kappa shape index (κ2) is 8.48. The fraction of sp³-hybridized carbons (Fsp3) is 0.333. The molecule has 0 aromatic heterocycles. The number of thioether (sulfide) groups is 1. The highest BCUT2D eigenvalue weighted by Gasteiger charge is 2.36. The van der Waals surface area contributed by atoms with Gasteiger partial charge in [0, 0.05) is 25.0 Å². The molecule has 0 spiro atoms. The van der Waals surface area contributed by atoms with Crippen molar-refractivity contribution >= 4 is 23.6 Å². The fourth-order valence-electron chi connectivity index (χ4n) is 3.41. The summed E-state index contributed by atoms with van der Waals surface area (Å²) in [7, 11) is 1.77. The lowest BCUT2D eigenvalue weighted by Gasteiger charge is -2.28. The van der Waals surface area contributed by atoms with Crippen molar-refractivity contribution < 1.29 is 14.7 Å². The van der Waals surface area contributed by atoms with E-state index in [2.05, 4.69) is 0 Å². The summed E-state index contributed by atoms with van der Waals surface area (Å²) < 4.78 is 0. The molecule has 2 aromatic carbocycles. The Bertz CT molecular complexity index is 822. The zero-order valence-electron chi connectivity index (χ0n) is 15.6. The molecule has 1 aliphatic heterocycles. The van der Waals surface area contributed by atoms with Crippen molar-refractivity contribution in [2.24, 2.45) is 0 Å². The van der Waals surface area contributed by atoms with Gasteiger partial charge in [-0.15, -0.1) is 11.8 Å². The van der Waals surface area contributed by atoms with Gasteiger partial charge in [0.1, 0.15) is 11.8 Å². The second-order valence-electron chi connectivity index (χ2n) is 6.72.